The van der Waals surface area contributed by atoms with E-state index < -0.39 is 0 Å². The third-order valence-corrected chi connectivity index (χ3v) is 2.78. The number of halogens is 1. The van der Waals surface area contributed by atoms with Gasteiger partial charge in [0, 0.05) is 0 Å². The van der Waals surface area contributed by atoms with E-state index in [4.69, 9.17) is 5.11 Å². The molecule has 2 aromatic carbocycles. The predicted molar refractivity (Wildman–Crippen MR) is 66.5 cm³/mol. The molecule has 2 rings (SSSR count). The minimum Gasteiger partial charge on any atom is -0.508 e. The fourth-order valence-electron chi connectivity index (χ4n) is 1.81. The molecule has 0 unspecified atom stereocenters. The second-order valence-corrected chi connectivity index (χ2v) is 4.15. The first kappa shape index (κ1) is 11.6. The van der Waals surface area contributed by atoms with Crippen LogP contribution in [0, 0.1) is 5.82 Å². The molecule has 0 radical (unpaired) electrons. The number of phenols is 1. The summed E-state index contributed by atoms with van der Waals surface area (Å²) in [6, 6.07) is 13.9. The van der Waals surface area contributed by atoms with Gasteiger partial charge in [-0.2, -0.15) is 0 Å². The molecule has 0 aliphatic rings. The van der Waals surface area contributed by atoms with Crippen molar-refractivity contribution in [2.75, 3.05) is 0 Å². The predicted octanol–water partition coefficient (Wildman–Crippen LogP) is 3.71. The van der Waals surface area contributed by atoms with Crippen molar-refractivity contribution in [3.8, 4) is 5.75 Å². The molecule has 0 aliphatic heterocycles. The zero-order chi connectivity index (χ0) is 12.1. The lowest BCUT2D eigenvalue weighted by Gasteiger charge is -2.02. The molecule has 0 saturated carbocycles. The lowest BCUT2D eigenvalue weighted by Crippen LogP contribution is -1.90. The van der Waals surface area contributed by atoms with Gasteiger partial charge in [0.25, 0.3) is 0 Å². The maximum Gasteiger partial charge on any atom is 0.123 e. The molecule has 0 spiro atoms. The van der Waals surface area contributed by atoms with E-state index in [0.717, 1.165) is 24.8 Å². The van der Waals surface area contributed by atoms with Gasteiger partial charge in [0.05, 0.1) is 0 Å². The molecular formula is C15H15FO. The summed E-state index contributed by atoms with van der Waals surface area (Å²) in [6.45, 7) is 0. The summed E-state index contributed by atoms with van der Waals surface area (Å²) in [5.41, 5.74) is 2.37. The molecule has 2 aromatic rings. The van der Waals surface area contributed by atoms with Gasteiger partial charge in [-0.25, -0.2) is 4.39 Å². The van der Waals surface area contributed by atoms with Gasteiger partial charge in [-0.05, 0) is 54.7 Å². The van der Waals surface area contributed by atoms with E-state index >= 15 is 0 Å². The molecule has 1 nitrogen and oxygen atoms in total. The average molecular weight is 230 g/mol. The summed E-state index contributed by atoms with van der Waals surface area (Å²) >= 11 is 0. The summed E-state index contributed by atoms with van der Waals surface area (Å²) < 4.78 is 12.7. The molecule has 1 N–H and O–H groups in total. The number of phenolic OH excluding ortho intramolecular Hbond substituents is 1. The molecule has 17 heavy (non-hydrogen) atoms. The Bertz CT molecular complexity index is 414. The SMILES string of the molecule is Oc1ccc(CCCc2ccc(F)cc2)cc1. The number of hydrogen-bond donors (Lipinski definition) is 1. The van der Waals surface area contributed by atoms with Gasteiger partial charge < -0.3 is 5.11 Å². The Morgan fingerprint density at radius 3 is 1.76 bits per heavy atom. The van der Waals surface area contributed by atoms with Crippen LogP contribution in [0.15, 0.2) is 48.5 Å². The molecule has 0 saturated heterocycles. The van der Waals surface area contributed by atoms with Crippen molar-refractivity contribution >= 4 is 0 Å². The van der Waals surface area contributed by atoms with Crippen molar-refractivity contribution in [1.82, 2.24) is 0 Å². The molecule has 88 valence electrons. The highest BCUT2D eigenvalue weighted by molar-refractivity contribution is 5.26. The van der Waals surface area contributed by atoms with Gasteiger partial charge in [-0.3, -0.25) is 0 Å². The van der Waals surface area contributed by atoms with Gasteiger partial charge >= 0.3 is 0 Å². The third-order valence-electron chi connectivity index (χ3n) is 2.78. The van der Waals surface area contributed by atoms with E-state index in [0.29, 0.717) is 5.75 Å². The average Bonchev–Trinajstić information content (AvgIpc) is 2.34. The molecule has 0 aromatic heterocycles. The first-order valence-corrected chi connectivity index (χ1v) is 5.76. The highest BCUT2D eigenvalue weighted by atomic mass is 19.1. The van der Waals surface area contributed by atoms with Crippen LogP contribution in [0.5, 0.6) is 5.75 Å². The van der Waals surface area contributed by atoms with Crippen LogP contribution in [-0.4, -0.2) is 5.11 Å². The Labute approximate surface area is 101 Å². The summed E-state index contributed by atoms with van der Waals surface area (Å²) in [6.07, 6.45) is 2.94. The number of aryl methyl sites for hydroxylation is 2. The maximum absolute atomic E-state index is 12.7. The van der Waals surface area contributed by atoms with Crippen LogP contribution in [0.4, 0.5) is 4.39 Å². The standard InChI is InChI=1S/C15H15FO/c16-14-8-4-12(5-9-14)2-1-3-13-6-10-15(17)11-7-13/h4-11,17H,1-3H2. The Hall–Kier alpha value is -1.83. The second kappa shape index (κ2) is 5.48. The van der Waals surface area contributed by atoms with E-state index in [1.165, 1.54) is 17.7 Å². The minimum atomic E-state index is -0.188. The first-order valence-electron chi connectivity index (χ1n) is 5.76. The van der Waals surface area contributed by atoms with Crippen LogP contribution in [-0.2, 0) is 12.8 Å². The van der Waals surface area contributed by atoms with Crippen molar-refractivity contribution in [3.05, 3.63) is 65.5 Å². The second-order valence-electron chi connectivity index (χ2n) is 4.15. The summed E-state index contributed by atoms with van der Waals surface area (Å²) in [5.74, 6) is 0.111. The molecule has 0 atom stereocenters. The number of rotatable bonds is 4. The lowest BCUT2D eigenvalue weighted by atomic mass is 10.0. The summed E-state index contributed by atoms with van der Waals surface area (Å²) in [7, 11) is 0. The van der Waals surface area contributed by atoms with E-state index in [1.54, 1.807) is 12.1 Å². The zero-order valence-electron chi connectivity index (χ0n) is 9.57. The van der Waals surface area contributed by atoms with Gasteiger partial charge in [0.15, 0.2) is 0 Å². The molecule has 0 amide bonds. The van der Waals surface area contributed by atoms with Gasteiger partial charge in [-0.15, -0.1) is 0 Å². The fraction of sp³-hybridized carbons (Fsp3) is 0.200. The van der Waals surface area contributed by atoms with E-state index in [1.807, 2.05) is 24.3 Å². The fourth-order valence-corrected chi connectivity index (χ4v) is 1.81. The molecular weight excluding hydrogens is 215 g/mol. The monoisotopic (exact) mass is 230 g/mol. The lowest BCUT2D eigenvalue weighted by molar-refractivity contribution is 0.475. The van der Waals surface area contributed by atoms with Gasteiger partial charge in [0.2, 0.25) is 0 Å². The number of aromatic hydroxyl groups is 1. The van der Waals surface area contributed by atoms with Crippen LogP contribution in [0.2, 0.25) is 0 Å². The quantitative estimate of drug-likeness (QED) is 0.849. The van der Waals surface area contributed by atoms with Crippen molar-refractivity contribution in [2.24, 2.45) is 0 Å². The normalized spacial score (nSPS) is 10.4. The van der Waals surface area contributed by atoms with E-state index in [2.05, 4.69) is 0 Å². The molecule has 0 fully saturated rings. The molecule has 0 heterocycles. The smallest absolute Gasteiger partial charge is 0.123 e. The van der Waals surface area contributed by atoms with Crippen molar-refractivity contribution in [3.63, 3.8) is 0 Å². The van der Waals surface area contributed by atoms with Gasteiger partial charge in [-0.1, -0.05) is 24.3 Å². The van der Waals surface area contributed by atoms with Crippen molar-refractivity contribution in [2.45, 2.75) is 19.3 Å². The third kappa shape index (κ3) is 3.59. The molecule has 0 aliphatic carbocycles. The summed E-state index contributed by atoms with van der Waals surface area (Å²) in [4.78, 5) is 0. The van der Waals surface area contributed by atoms with Crippen LogP contribution in [0.25, 0.3) is 0 Å². The Kier molecular flexibility index (Phi) is 3.76. The van der Waals surface area contributed by atoms with E-state index in [9.17, 15) is 4.39 Å². The Morgan fingerprint density at radius 1 is 0.765 bits per heavy atom. The number of benzene rings is 2. The van der Waals surface area contributed by atoms with Crippen LogP contribution in [0.3, 0.4) is 0 Å². The van der Waals surface area contributed by atoms with Crippen LogP contribution < -0.4 is 0 Å². The largest absolute Gasteiger partial charge is 0.508 e. The van der Waals surface area contributed by atoms with Crippen molar-refractivity contribution < 1.29 is 9.50 Å². The van der Waals surface area contributed by atoms with Crippen LogP contribution >= 0.6 is 0 Å². The van der Waals surface area contributed by atoms with Crippen LogP contribution in [0.1, 0.15) is 17.5 Å². The minimum absolute atomic E-state index is 0.188. The zero-order valence-corrected chi connectivity index (χ0v) is 9.57. The Balaban J connectivity index is 1.83. The van der Waals surface area contributed by atoms with E-state index in [-0.39, 0.29) is 5.82 Å². The highest BCUT2D eigenvalue weighted by Gasteiger charge is 1.97. The number of hydrogen-bond acceptors (Lipinski definition) is 1. The van der Waals surface area contributed by atoms with Crippen molar-refractivity contribution in [1.29, 1.82) is 0 Å². The maximum atomic E-state index is 12.7. The highest BCUT2D eigenvalue weighted by Crippen LogP contribution is 2.13. The first-order chi connectivity index (χ1) is 8.24. The molecule has 0 bridgehead atoms. The summed E-state index contributed by atoms with van der Waals surface area (Å²) in [5, 5.41) is 9.15. The molecule has 2 heteroatoms. The van der Waals surface area contributed by atoms with Gasteiger partial charge in [0.1, 0.15) is 11.6 Å². The topological polar surface area (TPSA) is 20.2 Å². The Morgan fingerprint density at radius 2 is 1.24 bits per heavy atom.